The number of para-hydroxylation sites is 1. The Balaban J connectivity index is 1.33. The molecule has 7 nitrogen and oxygen atoms in total. The van der Waals surface area contributed by atoms with Crippen LogP contribution in [0.4, 0.5) is 0 Å². The standard InChI is InChI=1S/C21H29N5O2S/c1-16-12-24(13-17(2)28-16)20(27)18-8-10-23(11-9-18)15-26-21(29)25(14-22-26)19-6-4-3-5-7-19/h3-7,14,16-18H,8-13,15H2,1-2H3. The molecule has 0 radical (unpaired) electrons. The second-order valence-corrected chi connectivity index (χ2v) is 8.52. The Labute approximate surface area is 176 Å². The lowest BCUT2D eigenvalue weighted by molar-refractivity contribution is -0.149. The third-order valence-electron chi connectivity index (χ3n) is 5.77. The summed E-state index contributed by atoms with van der Waals surface area (Å²) in [4.78, 5) is 17.3. The van der Waals surface area contributed by atoms with Crippen LogP contribution in [0.15, 0.2) is 36.7 Å². The highest BCUT2D eigenvalue weighted by Crippen LogP contribution is 2.22. The summed E-state index contributed by atoms with van der Waals surface area (Å²) in [5, 5.41) is 4.48. The largest absolute Gasteiger partial charge is 0.372 e. The van der Waals surface area contributed by atoms with Crippen LogP contribution in [0.2, 0.25) is 0 Å². The van der Waals surface area contributed by atoms with Crippen molar-refractivity contribution in [2.45, 2.75) is 45.6 Å². The Morgan fingerprint density at radius 2 is 1.79 bits per heavy atom. The maximum atomic E-state index is 12.9. The van der Waals surface area contributed by atoms with Gasteiger partial charge in [-0.25, -0.2) is 4.68 Å². The zero-order valence-electron chi connectivity index (χ0n) is 17.1. The Hall–Kier alpha value is -2.03. The van der Waals surface area contributed by atoms with Crippen LogP contribution >= 0.6 is 12.2 Å². The number of rotatable bonds is 4. The number of aromatic nitrogens is 3. The minimum atomic E-state index is 0.110. The van der Waals surface area contributed by atoms with Crippen LogP contribution < -0.4 is 0 Å². The summed E-state index contributed by atoms with van der Waals surface area (Å²) in [5.41, 5.74) is 1.02. The van der Waals surface area contributed by atoms with Crippen LogP contribution in [0, 0.1) is 10.7 Å². The highest BCUT2D eigenvalue weighted by molar-refractivity contribution is 7.71. The monoisotopic (exact) mass is 415 g/mol. The quantitative estimate of drug-likeness (QED) is 0.719. The van der Waals surface area contributed by atoms with Crippen LogP contribution in [0.5, 0.6) is 0 Å². The summed E-state index contributed by atoms with van der Waals surface area (Å²) >= 11 is 5.61. The van der Waals surface area contributed by atoms with E-state index in [0.29, 0.717) is 24.5 Å². The van der Waals surface area contributed by atoms with Crippen molar-refractivity contribution < 1.29 is 9.53 Å². The van der Waals surface area contributed by atoms with Crippen molar-refractivity contribution in [3.63, 3.8) is 0 Å². The summed E-state index contributed by atoms with van der Waals surface area (Å²) in [6.45, 7) is 7.90. The smallest absolute Gasteiger partial charge is 0.225 e. The highest BCUT2D eigenvalue weighted by Gasteiger charge is 2.32. The molecule has 0 aliphatic carbocycles. The highest BCUT2D eigenvalue weighted by atomic mass is 32.1. The van der Waals surface area contributed by atoms with E-state index in [-0.39, 0.29) is 24.0 Å². The molecule has 1 aromatic heterocycles. The Morgan fingerprint density at radius 1 is 1.14 bits per heavy atom. The molecular weight excluding hydrogens is 386 g/mol. The number of ether oxygens (including phenoxy) is 1. The first-order valence-corrected chi connectivity index (χ1v) is 10.8. The second-order valence-electron chi connectivity index (χ2n) is 8.15. The number of carbonyl (C=O) groups excluding carboxylic acids is 1. The van der Waals surface area contributed by atoms with Gasteiger partial charge in [-0.2, -0.15) is 5.10 Å². The number of piperidine rings is 1. The van der Waals surface area contributed by atoms with Crippen molar-refractivity contribution in [1.29, 1.82) is 0 Å². The van der Waals surface area contributed by atoms with Gasteiger partial charge in [0, 0.05) is 37.8 Å². The molecule has 0 N–H and O–H groups in total. The Morgan fingerprint density at radius 3 is 2.45 bits per heavy atom. The van der Waals surface area contributed by atoms with E-state index in [9.17, 15) is 4.79 Å². The lowest BCUT2D eigenvalue weighted by Crippen LogP contribution is -2.51. The van der Waals surface area contributed by atoms with Crippen molar-refractivity contribution in [3.8, 4) is 5.69 Å². The molecular formula is C21H29N5O2S. The minimum Gasteiger partial charge on any atom is -0.372 e. The fraction of sp³-hybridized carbons (Fsp3) is 0.571. The van der Waals surface area contributed by atoms with Gasteiger partial charge in [0.2, 0.25) is 10.7 Å². The molecule has 0 saturated carbocycles. The number of nitrogens with zero attached hydrogens (tertiary/aromatic N) is 5. The molecule has 0 bridgehead atoms. The molecule has 3 heterocycles. The first-order valence-electron chi connectivity index (χ1n) is 10.4. The molecule has 2 aliphatic rings. The first kappa shape index (κ1) is 20.3. The molecule has 4 rings (SSSR count). The van der Waals surface area contributed by atoms with Gasteiger partial charge in [0.1, 0.15) is 6.33 Å². The van der Waals surface area contributed by atoms with Crippen LogP contribution in [-0.4, -0.2) is 68.4 Å². The molecule has 0 spiro atoms. The second kappa shape index (κ2) is 8.77. The van der Waals surface area contributed by atoms with Crippen molar-refractivity contribution in [2.75, 3.05) is 26.2 Å². The molecule has 2 aromatic rings. The van der Waals surface area contributed by atoms with Crippen molar-refractivity contribution in [3.05, 3.63) is 41.4 Å². The van der Waals surface area contributed by atoms with Gasteiger partial charge in [0.05, 0.1) is 18.9 Å². The van der Waals surface area contributed by atoms with E-state index in [1.807, 2.05) is 58.3 Å². The summed E-state index contributed by atoms with van der Waals surface area (Å²) in [7, 11) is 0. The minimum absolute atomic E-state index is 0.110. The average molecular weight is 416 g/mol. The number of likely N-dealkylation sites (tertiary alicyclic amines) is 1. The fourth-order valence-electron chi connectivity index (χ4n) is 4.33. The number of amides is 1. The molecule has 2 saturated heterocycles. The third kappa shape index (κ3) is 4.60. The molecule has 2 aliphatic heterocycles. The maximum Gasteiger partial charge on any atom is 0.225 e. The average Bonchev–Trinajstić information content (AvgIpc) is 3.08. The maximum absolute atomic E-state index is 12.9. The lowest BCUT2D eigenvalue weighted by Gasteiger charge is -2.39. The normalized spacial score (nSPS) is 24.0. The zero-order chi connectivity index (χ0) is 20.4. The number of morpholine rings is 1. The third-order valence-corrected chi connectivity index (χ3v) is 6.18. The van der Waals surface area contributed by atoms with E-state index in [4.69, 9.17) is 17.0 Å². The summed E-state index contributed by atoms with van der Waals surface area (Å²) in [6, 6.07) is 10.0. The van der Waals surface area contributed by atoms with E-state index in [2.05, 4.69) is 10.00 Å². The number of benzene rings is 1. The summed E-state index contributed by atoms with van der Waals surface area (Å²) < 4.78 is 10.2. The van der Waals surface area contributed by atoms with Gasteiger partial charge in [0.25, 0.3) is 0 Å². The van der Waals surface area contributed by atoms with Crippen LogP contribution in [0.3, 0.4) is 0 Å². The molecule has 1 aromatic carbocycles. The molecule has 29 heavy (non-hydrogen) atoms. The predicted octanol–water partition coefficient (Wildman–Crippen LogP) is 2.71. The number of carbonyl (C=O) groups is 1. The van der Waals surface area contributed by atoms with Crippen molar-refractivity contribution in [2.24, 2.45) is 5.92 Å². The van der Waals surface area contributed by atoms with Gasteiger partial charge >= 0.3 is 0 Å². The van der Waals surface area contributed by atoms with E-state index in [1.165, 1.54) is 0 Å². The topological polar surface area (TPSA) is 55.5 Å². The van der Waals surface area contributed by atoms with E-state index in [0.717, 1.165) is 31.6 Å². The Bertz CT molecular complexity index is 878. The predicted molar refractivity (Wildman–Crippen MR) is 113 cm³/mol. The van der Waals surface area contributed by atoms with Gasteiger partial charge in [-0.3, -0.25) is 14.3 Å². The van der Waals surface area contributed by atoms with E-state index >= 15 is 0 Å². The van der Waals surface area contributed by atoms with Crippen LogP contribution in [0.25, 0.3) is 5.69 Å². The summed E-state index contributed by atoms with van der Waals surface area (Å²) in [6.07, 6.45) is 3.76. The van der Waals surface area contributed by atoms with Gasteiger partial charge in [-0.15, -0.1) is 0 Å². The van der Waals surface area contributed by atoms with Gasteiger partial charge in [-0.1, -0.05) is 18.2 Å². The van der Waals surface area contributed by atoms with E-state index in [1.54, 1.807) is 6.33 Å². The zero-order valence-corrected chi connectivity index (χ0v) is 17.9. The van der Waals surface area contributed by atoms with Crippen LogP contribution in [0.1, 0.15) is 26.7 Å². The number of hydrogen-bond donors (Lipinski definition) is 0. The molecule has 1 amide bonds. The Kier molecular flexibility index (Phi) is 6.12. The SMILES string of the molecule is CC1CN(C(=O)C2CCN(Cn3ncn(-c4ccccc4)c3=S)CC2)CC(C)O1. The molecule has 2 atom stereocenters. The van der Waals surface area contributed by atoms with Gasteiger partial charge in [0.15, 0.2) is 0 Å². The van der Waals surface area contributed by atoms with Crippen molar-refractivity contribution in [1.82, 2.24) is 24.1 Å². The molecule has 2 unspecified atom stereocenters. The van der Waals surface area contributed by atoms with Crippen LogP contribution in [-0.2, 0) is 16.2 Å². The van der Waals surface area contributed by atoms with Gasteiger partial charge in [-0.05, 0) is 51.0 Å². The summed E-state index contributed by atoms with van der Waals surface area (Å²) in [5.74, 6) is 0.398. The molecule has 2 fully saturated rings. The van der Waals surface area contributed by atoms with E-state index < -0.39 is 0 Å². The van der Waals surface area contributed by atoms with Gasteiger partial charge < -0.3 is 9.64 Å². The fourth-order valence-corrected chi connectivity index (χ4v) is 4.58. The lowest BCUT2D eigenvalue weighted by atomic mass is 9.95. The number of hydrogen-bond acceptors (Lipinski definition) is 5. The molecule has 8 heteroatoms. The van der Waals surface area contributed by atoms with Crippen molar-refractivity contribution >= 4 is 18.1 Å². The molecule has 156 valence electrons. The first-order chi connectivity index (χ1) is 14.0.